The summed E-state index contributed by atoms with van der Waals surface area (Å²) < 4.78 is 0. The monoisotopic (exact) mass is 268 g/mol. The number of nitrogen functional groups attached to an aromatic ring is 1. The first-order valence-electron chi connectivity index (χ1n) is 6.60. The third kappa shape index (κ3) is 2.09. The van der Waals surface area contributed by atoms with Gasteiger partial charge in [-0.15, -0.1) is 0 Å². The van der Waals surface area contributed by atoms with Gasteiger partial charge in [-0.3, -0.25) is 4.79 Å². The molecule has 1 aliphatic rings. The molecule has 0 saturated carbocycles. The number of nitrogens with two attached hydrogens (primary N) is 1. The fourth-order valence-electron chi connectivity index (χ4n) is 2.61. The van der Waals surface area contributed by atoms with Crippen molar-refractivity contribution in [1.82, 2.24) is 4.90 Å². The lowest BCUT2D eigenvalue weighted by molar-refractivity contribution is 0.0732. The Hall–Kier alpha value is -2.49. The van der Waals surface area contributed by atoms with Gasteiger partial charge in [-0.25, -0.2) is 0 Å². The molecule has 3 rings (SSSR count). The Labute approximate surface area is 117 Å². The van der Waals surface area contributed by atoms with Crippen LogP contribution in [0.1, 0.15) is 21.5 Å². The standard InChI is InChI=1S/C16H16N2O2/c17-14-6-3-4-11-8-9-18(10-13(11)14)16(20)12-5-1-2-7-15(12)19/h1-7,19H,8-10,17H2. The molecule has 0 aromatic heterocycles. The largest absolute Gasteiger partial charge is 0.507 e. The fraction of sp³-hybridized carbons (Fsp3) is 0.188. The van der Waals surface area contributed by atoms with Crippen LogP contribution < -0.4 is 5.73 Å². The molecule has 0 atom stereocenters. The number of aromatic hydroxyl groups is 1. The van der Waals surface area contributed by atoms with Gasteiger partial charge in [-0.2, -0.15) is 0 Å². The molecule has 2 aromatic rings. The molecule has 0 aliphatic carbocycles. The summed E-state index contributed by atoms with van der Waals surface area (Å²) in [7, 11) is 0. The summed E-state index contributed by atoms with van der Waals surface area (Å²) >= 11 is 0. The molecule has 102 valence electrons. The van der Waals surface area contributed by atoms with E-state index in [4.69, 9.17) is 5.73 Å². The molecule has 20 heavy (non-hydrogen) atoms. The van der Waals surface area contributed by atoms with Gasteiger partial charge in [0.05, 0.1) is 5.56 Å². The molecule has 0 fully saturated rings. The number of carbonyl (C=O) groups is 1. The van der Waals surface area contributed by atoms with Crippen LogP contribution >= 0.6 is 0 Å². The maximum atomic E-state index is 12.5. The van der Waals surface area contributed by atoms with Crippen LogP contribution in [-0.4, -0.2) is 22.5 Å². The van der Waals surface area contributed by atoms with E-state index in [9.17, 15) is 9.90 Å². The summed E-state index contributed by atoms with van der Waals surface area (Å²) in [5.41, 5.74) is 9.26. The van der Waals surface area contributed by atoms with Crippen molar-refractivity contribution in [3.63, 3.8) is 0 Å². The lowest BCUT2D eigenvalue weighted by Gasteiger charge is -2.30. The second-order valence-electron chi connectivity index (χ2n) is 4.98. The maximum absolute atomic E-state index is 12.5. The van der Waals surface area contributed by atoms with Gasteiger partial charge in [0.2, 0.25) is 0 Å². The van der Waals surface area contributed by atoms with E-state index in [1.807, 2.05) is 18.2 Å². The highest BCUT2D eigenvalue weighted by Crippen LogP contribution is 2.26. The van der Waals surface area contributed by atoms with Gasteiger partial charge < -0.3 is 15.7 Å². The summed E-state index contributed by atoms with van der Waals surface area (Å²) in [6.07, 6.45) is 0.791. The van der Waals surface area contributed by atoms with Crippen molar-refractivity contribution >= 4 is 11.6 Å². The average Bonchev–Trinajstić information content (AvgIpc) is 2.47. The summed E-state index contributed by atoms with van der Waals surface area (Å²) in [5, 5.41) is 9.79. The van der Waals surface area contributed by atoms with E-state index < -0.39 is 0 Å². The Kier molecular flexibility index (Phi) is 3.06. The first kappa shape index (κ1) is 12.5. The first-order valence-corrected chi connectivity index (χ1v) is 6.60. The van der Waals surface area contributed by atoms with Crippen LogP contribution in [0.15, 0.2) is 42.5 Å². The predicted octanol–water partition coefficient (Wildman–Crippen LogP) is 2.17. The Morgan fingerprint density at radius 2 is 1.95 bits per heavy atom. The van der Waals surface area contributed by atoms with Crippen LogP contribution in [0.2, 0.25) is 0 Å². The SMILES string of the molecule is Nc1cccc2c1CN(C(=O)c1ccccc1O)CC2. The number of benzene rings is 2. The van der Waals surface area contributed by atoms with Gasteiger partial charge in [-0.1, -0.05) is 24.3 Å². The lowest BCUT2D eigenvalue weighted by atomic mass is 9.97. The predicted molar refractivity (Wildman–Crippen MR) is 77.4 cm³/mol. The van der Waals surface area contributed by atoms with E-state index in [0.29, 0.717) is 18.7 Å². The van der Waals surface area contributed by atoms with E-state index in [-0.39, 0.29) is 11.7 Å². The van der Waals surface area contributed by atoms with Crippen molar-refractivity contribution < 1.29 is 9.90 Å². The number of fused-ring (bicyclic) bond motifs is 1. The number of phenolic OH excluding ortho intramolecular Hbond substituents is 1. The molecule has 0 unspecified atom stereocenters. The molecule has 4 nitrogen and oxygen atoms in total. The summed E-state index contributed by atoms with van der Waals surface area (Å²) in [5.74, 6) is -0.138. The summed E-state index contributed by atoms with van der Waals surface area (Å²) in [4.78, 5) is 14.2. The molecular formula is C16H16N2O2. The Bertz CT molecular complexity index is 667. The Morgan fingerprint density at radius 3 is 2.75 bits per heavy atom. The van der Waals surface area contributed by atoms with E-state index >= 15 is 0 Å². The van der Waals surface area contributed by atoms with Crippen LogP contribution in [-0.2, 0) is 13.0 Å². The van der Waals surface area contributed by atoms with E-state index in [1.54, 1.807) is 23.1 Å². The van der Waals surface area contributed by atoms with E-state index in [0.717, 1.165) is 17.7 Å². The van der Waals surface area contributed by atoms with Crippen molar-refractivity contribution in [2.24, 2.45) is 0 Å². The van der Waals surface area contributed by atoms with Gasteiger partial charge in [0, 0.05) is 18.8 Å². The molecule has 4 heteroatoms. The van der Waals surface area contributed by atoms with Gasteiger partial charge >= 0.3 is 0 Å². The molecule has 0 bridgehead atoms. The van der Waals surface area contributed by atoms with Crippen LogP contribution in [0.25, 0.3) is 0 Å². The molecule has 0 saturated heterocycles. The Balaban J connectivity index is 1.89. The van der Waals surface area contributed by atoms with Crippen LogP contribution in [0, 0.1) is 0 Å². The minimum absolute atomic E-state index is 0.0179. The number of hydrogen-bond acceptors (Lipinski definition) is 3. The highest BCUT2D eigenvalue weighted by Gasteiger charge is 2.24. The minimum atomic E-state index is -0.156. The van der Waals surface area contributed by atoms with Crippen molar-refractivity contribution in [3.05, 3.63) is 59.2 Å². The number of nitrogens with zero attached hydrogens (tertiary/aromatic N) is 1. The molecule has 0 spiro atoms. The second-order valence-corrected chi connectivity index (χ2v) is 4.98. The van der Waals surface area contributed by atoms with Gasteiger partial charge in [0.25, 0.3) is 5.91 Å². The number of hydrogen-bond donors (Lipinski definition) is 2. The topological polar surface area (TPSA) is 66.6 Å². The van der Waals surface area contributed by atoms with Crippen molar-refractivity contribution in [1.29, 1.82) is 0 Å². The van der Waals surface area contributed by atoms with E-state index in [1.165, 1.54) is 11.6 Å². The normalized spacial score (nSPS) is 13.9. The third-order valence-electron chi connectivity index (χ3n) is 3.73. The lowest BCUT2D eigenvalue weighted by Crippen LogP contribution is -2.36. The zero-order chi connectivity index (χ0) is 14.1. The fourth-order valence-corrected chi connectivity index (χ4v) is 2.61. The molecular weight excluding hydrogens is 252 g/mol. The minimum Gasteiger partial charge on any atom is -0.507 e. The zero-order valence-electron chi connectivity index (χ0n) is 11.0. The van der Waals surface area contributed by atoms with Crippen LogP contribution in [0.5, 0.6) is 5.75 Å². The molecule has 2 aromatic carbocycles. The van der Waals surface area contributed by atoms with Gasteiger partial charge in [0.15, 0.2) is 0 Å². The highest BCUT2D eigenvalue weighted by atomic mass is 16.3. The van der Waals surface area contributed by atoms with Gasteiger partial charge in [0.1, 0.15) is 5.75 Å². The van der Waals surface area contributed by atoms with Crippen molar-refractivity contribution in [3.8, 4) is 5.75 Å². The molecule has 3 N–H and O–H groups in total. The van der Waals surface area contributed by atoms with Crippen LogP contribution in [0.3, 0.4) is 0 Å². The first-order chi connectivity index (χ1) is 9.66. The number of anilines is 1. The number of phenols is 1. The smallest absolute Gasteiger partial charge is 0.257 e. The molecule has 0 radical (unpaired) electrons. The number of carbonyl (C=O) groups excluding carboxylic acids is 1. The van der Waals surface area contributed by atoms with E-state index in [2.05, 4.69) is 0 Å². The second kappa shape index (κ2) is 4.89. The summed E-state index contributed by atoms with van der Waals surface area (Å²) in [6, 6.07) is 12.5. The maximum Gasteiger partial charge on any atom is 0.257 e. The molecule has 1 heterocycles. The number of rotatable bonds is 1. The quantitative estimate of drug-likeness (QED) is 0.779. The Morgan fingerprint density at radius 1 is 1.15 bits per heavy atom. The third-order valence-corrected chi connectivity index (χ3v) is 3.73. The van der Waals surface area contributed by atoms with Gasteiger partial charge in [-0.05, 0) is 35.7 Å². The van der Waals surface area contributed by atoms with Crippen LogP contribution in [0.4, 0.5) is 5.69 Å². The number of amides is 1. The highest BCUT2D eigenvalue weighted by molar-refractivity contribution is 5.97. The van der Waals surface area contributed by atoms with Crippen molar-refractivity contribution in [2.75, 3.05) is 12.3 Å². The zero-order valence-corrected chi connectivity index (χ0v) is 11.0. The molecule has 1 aliphatic heterocycles. The average molecular weight is 268 g/mol. The summed E-state index contributed by atoms with van der Waals surface area (Å²) in [6.45, 7) is 1.14. The van der Waals surface area contributed by atoms with Crippen molar-refractivity contribution in [2.45, 2.75) is 13.0 Å². The molecule has 1 amide bonds. The number of para-hydroxylation sites is 1.